The molecule has 0 aliphatic rings. The van der Waals surface area contributed by atoms with Gasteiger partial charge in [-0.3, -0.25) is 0 Å². The Labute approximate surface area is 118 Å². The van der Waals surface area contributed by atoms with E-state index in [1.807, 2.05) is 13.8 Å². The Balaban J connectivity index is 2.28. The lowest BCUT2D eigenvalue weighted by atomic mass is 10.1. The summed E-state index contributed by atoms with van der Waals surface area (Å²) in [6, 6.07) is 0. The Morgan fingerprint density at radius 1 is 1.32 bits per heavy atom. The van der Waals surface area contributed by atoms with Gasteiger partial charge in [0, 0.05) is 16.9 Å². The summed E-state index contributed by atoms with van der Waals surface area (Å²) in [6.07, 6.45) is 1.71. The average Bonchev–Trinajstić information content (AvgIpc) is 2.88. The van der Waals surface area contributed by atoms with E-state index in [-0.39, 0.29) is 0 Å². The maximum Gasteiger partial charge on any atom is 0.137 e. The van der Waals surface area contributed by atoms with Crippen molar-refractivity contribution in [2.45, 2.75) is 46.5 Å². The summed E-state index contributed by atoms with van der Waals surface area (Å²) in [5.74, 6) is 1.33. The third kappa shape index (κ3) is 3.04. The van der Waals surface area contributed by atoms with Crippen LogP contribution in [0.25, 0.3) is 0 Å². The molecule has 0 spiro atoms. The van der Waals surface area contributed by atoms with Crippen molar-refractivity contribution >= 4 is 11.3 Å². The lowest BCUT2D eigenvalue weighted by Gasteiger charge is -2.02. The smallest absolute Gasteiger partial charge is 0.137 e. The van der Waals surface area contributed by atoms with Gasteiger partial charge < -0.3 is 10.3 Å². The van der Waals surface area contributed by atoms with Gasteiger partial charge in [0.05, 0.1) is 16.4 Å². The molecule has 0 saturated heterocycles. The third-order valence-electron chi connectivity index (χ3n) is 3.20. The molecule has 2 heterocycles. The SMILES string of the molecule is Cc1noc(C)c1Cc1nc(C(C)C)c(CCN)s1. The molecule has 0 amide bonds. The number of thiazole rings is 1. The number of rotatable bonds is 5. The van der Waals surface area contributed by atoms with Crippen LogP contribution in [0.2, 0.25) is 0 Å². The Hall–Kier alpha value is -1.20. The van der Waals surface area contributed by atoms with Gasteiger partial charge in [0.1, 0.15) is 5.76 Å². The number of hydrogen-bond donors (Lipinski definition) is 1. The number of hydrogen-bond acceptors (Lipinski definition) is 5. The van der Waals surface area contributed by atoms with Crippen LogP contribution in [0.3, 0.4) is 0 Å². The molecule has 0 atom stereocenters. The fourth-order valence-corrected chi connectivity index (χ4v) is 3.41. The minimum Gasteiger partial charge on any atom is -0.361 e. The van der Waals surface area contributed by atoms with E-state index in [2.05, 4.69) is 19.0 Å². The zero-order valence-electron chi connectivity index (χ0n) is 12.0. The molecule has 2 aromatic heterocycles. The largest absolute Gasteiger partial charge is 0.361 e. The highest BCUT2D eigenvalue weighted by molar-refractivity contribution is 7.11. The van der Waals surface area contributed by atoms with E-state index in [1.54, 1.807) is 11.3 Å². The molecule has 0 aliphatic heterocycles. The van der Waals surface area contributed by atoms with E-state index >= 15 is 0 Å². The summed E-state index contributed by atoms with van der Waals surface area (Å²) >= 11 is 1.77. The molecule has 4 nitrogen and oxygen atoms in total. The van der Waals surface area contributed by atoms with Gasteiger partial charge in [-0.05, 0) is 32.7 Å². The molecule has 0 bridgehead atoms. The summed E-state index contributed by atoms with van der Waals surface area (Å²) in [7, 11) is 0. The number of nitrogens with zero attached hydrogens (tertiary/aromatic N) is 2. The van der Waals surface area contributed by atoms with Crippen molar-refractivity contribution in [3.05, 3.63) is 32.6 Å². The maximum absolute atomic E-state index is 5.68. The second-order valence-electron chi connectivity index (χ2n) is 5.09. The van der Waals surface area contributed by atoms with E-state index in [1.165, 1.54) is 10.6 Å². The van der Waals surface area contributed by atoms with Crippen molar-refractivity contribution < 1.29 is 4.52 Å². The first-order valence-electron chi connectivity index (χ1n) is 6.63. The molecule has 2 rings (SSSR count). The zero-order valence-corrected chi connectivity index (χ0v) is 12.8. The topological polar surface area (TPSA) is 64.9 Å². The second-order valence-corrected chi connectivity index (χ2v) is 6.26. The van der Waals surface area contributed by atoms with Crippen LogP contribution in [0.1, 0.15) is 52.4 Å². The lowest BCUT2D eigenvalue weighted by molar-refractivity contribution is 0.392. The summed E-state index contributed by atoms with van der Waals surface area (Å²) in [4.78, 5) is 6.10. The van der Waals surface area contributed by atoms with Gasteiger partial charge in [-0.2, -0.15) is 0 Å². The van der Waals surface area contributed by atoms with Crippen molar-refractivity contribution in [3.63, 3.8) is 0 Å². The molecule has 0 radical (unpaired) electrons. The van der Waals surface area contributed by atoms with Crippen LogP contribution in [0.15, 0.2) is 4.52 Å². The van der Waals surface area contributed by atoms with Crippen LogP contribution in [0.5, 0.6) is 0 Å². The molecule has 104 valence electrons. The highest BCUT2D eigenvalue weighted by atomic mass is 32.1. The highest BCUT2D eigenvalue weighted by Crippen LogP contribution is 2.28. The van der Waals surface area contributed by atoms with Gasteiger partial charge in [0.2, 0.25) is 0 Å². The predicted octanol–water partition coefficient (Wildman–Crippen LogP) is 2.96. The molecule has 0 unspecified atom stereocenters. The Kier molecular flexibility index (Phi) is 4.37. The summed E-state index contributed by atoms with van der Waals surface area (Å²) in [5, 5.41) is 5.12. The Bertz CT molecular complexity index is 538. The minimum atomic E-state index is 0.441. The first-order chi connectivity index (χ1) is 9.02. The molecule has 19 heavy (non-hydrogen) atoms. The zero-order chi connectivity index (χ0) is 14.0. The van der Waals surface area contributed by atoms with E-state index in [9.17, 15) is 0 Å². The summed E-state index contributed by atoms with van der Waals surface area (Å²) in [6.45, 7) is 8.95. The van der Waals surface area contributed by atoms with Gasteiger partial charge in [-0.25, -0.2) is 4.98 Å². The molecule has 0 aliphatic carbocycles. The van der Waals surface area contributed by atoms with Crippen molar-refractivity contribution in [1.29, 1.82) is 0 Å². The van der Waals surface area contributed by atoms with E-state index in [0.29, 0.717) is 12.5 Å². The Morgan fingerprint density at radius 3 is 2.58 bits per heavy atom. The maximum atomic E-state index is 5.68. The van der Waals surface area contributed by atoms with Gasteiger partial charge in [0.25, 0.3) is 0 Å². The van der Waals surface area contributed by atoms with E-state index in [4.69, 9.17) is 15.2 Å². The third-order valence-corrected chi connectivity index (χ3v) is 4.33. The predicted molar refractivity (Wildman–Crippen MR) is 77.7 cm³/mol. The van der Waals surface area contributed by atoms with Crippen molar-refractivity contribution in [1.82, 2.24) is 10.1 Å². The minimum absolute atomic E-state index is 0.441. The molecule has 0 saturated carbocycles. The number of aromatic nitrogens is 2. The quantitative estimate of drug-likeness (QED) is 0.914. The fourth-order valence-electron chi connectivity index (χ4n) is 2.16. The van der Waals surface area contributed by atoms with Crippen LogP contribution in [-0.2, 0) is 12.8 Å². The number of nitrogens with two attached hydrogens (primary N) is 1. The van der Waals surface area contributed by atoms with Crippen molar-refractivity contribution in [3.8, 4) is 0 Å². The monoisotopic (exact) mass is 279 g/mol. The molecule has 2 N–H and O–H groups in total. The summed E-state index contributed by atoms with van der Waals surface area (Å²) < 4.78 is 5.21. The van der Waals surface area contributed by atoms with Crippen LogP contribution in [0.4, 0.5) is 0 Å². The van der Waals surface area contributed by atoms with Crippen LogP contribution in [-0.4, -0.2) is 16.7 Å². The van der Waals surface area contributed by atoms with Gasteiger partial charge in [-0.15, -0.1) is 11.3 Å². The lowest BCUT2D eigenvalue weighted by Crippen LogP contribution is -2.04. The second kappa shape index (κ2) is 5.84. The van der Waals surface area contributed by atoms with Crippen molar-refractivity contribution in [2.75, 3.05) is 6.54 Å². The standard InChI is InChI=1S/C14H21N3OS/c1-8(2)14-12(5-6-15)19-13(16-14)7-11-9(3)17-18-10(11)4/h8H,5-7,15H2,1-4H3. The van der Waals surface area contributed by atoms with Crippen molar-refractivity contribution in [2.24, 2.45) is 5.73 Å². The molecule has 0 fully saturated rings. The first-order valence-corrected chi connectivity index (χ1v) is 7.44. The Morgan fingerprint density at radius 2 is 2.05 bits per heavy atom. The number of aryl methyl sites for hydroxylation is 2. The average molecular weight is 279 g/mol. The molecule has 0 aromatic carbocycles. The molecular formula is C14H21N3OS. The van der Waals surface area contributed by atoms with Gasteiger partial charge in [0.15, 0.2) is 0 Å². The van der Waals surface area contributed by atoms with Crippen LogP contribution in [0, 0.1) is 13.8 Å². The van der Waals surface area contributed by atoms with E-state index in [0.717, 1.165) is 34.9 Å². The molecular weight excluding hydrogens is 258 g/mol. The highest BCUT2D eigenvalue weighted by Gasteiger charge is 2.16. The fraction of sp³-hybridized carbons (Fsp3) is 0.571. The molecule has 2 aromatic rings. The molecule has 5 heteroatoms. The normalized spacial score (nSPS) is 11.5. The summed E-state index contributed by atoms with van der Waals surface area (Å²) in [5.41, 5.74) is 8.98. The van der Waals surface area contributed by atoms with Crippen LogP contribution < -0.4 is 5.73 Å². The van der Waals surface area contributed by atoms with Gasteiger partial charge >= 0.3 is 0 Å². The first kappa shape index (κ1) is 14.2. The van der Waals surface area contributed by atoms with Gasteiger partial charge in [-0.1, -0.05) is 19.0 Å². The van der Waals surface area contributed by atoms with Crippen LogP contribution >= 0.6 is 11.3 Å². The van der Waals surface area contributed by atoms with E-state index < -0.39 is 0 Å².